The van der Waals surface area contributed by atoms with Gasteiger partial charge in [0, 0.05) is 18.0 Å². The lowest BCUT2D eigenvalue weighted by Crippen LogP contribution is -2.27. The van der Waals surface area contributed by atoms with E-state index >= 15 is 0 Å². The number of rotatable bonds is 13. The smallest absolute Gasteiger partial charge is 0.405 e. The maximum atomic E-state index is 11.7. The number of H-pyrrole nitrogens is 1. The Balaban J connectivity index is 1.03. The van der Waals surface area contributed by atoms with Gasteiger partial charge >= 0.3 is 6.09 Å². The van der Waals surface area contributed by atoms with Gasteiger partial charge in [-0.2, -0.15) is 0 Å². The van der Waals surface area contributed by atoms with Crippen molar-refractivity contribution < 1.29 is 24.9 Å². The Bertz CT molecular complexity index is 2100. The number of phenols is 1. The molecule has 0 bridgehead atoms. The number of benzene rings is 5. The molecule has 6 aromatic rings. The lowest BCUT2D eigenvalue weighted by atomic mass is 9.98. The van der Waals surface area contributed by atoms with Gasteiger partial charge in [0.25, 0.3) is 0 Å². The van der Waals surface area contributed by atoms with Gasteiger partial charge in [-0.3, -0.25) is 4.79 Å². The second-order valence-electron chi connectivity index (χ2n) is 11.8. The molecule has 6 rings (SSSR count). The first-order chi connectivity index (χ1) is 23.8. The molecule has 2 atom stereocenters. The first kappa shape index (κ1) is 33.0. The molecule has 1 heterocycles. The van der Waals surface area contributed by atoms with Gasteiger partial charge in [-0.15, -0.1) is 0 Å². The minimum absolute atomic E-state index is 0.0347. The first-order valence-electron chi connectivity index (χ1n) is 16.0. The summed E-state index contributed by atoms with van der Waals surface area (Å²) in [5, 5.41) is 36.9. The normalized spacial score (nSPS) is 12.3. The summed E-state index contributed by atoms with van der Waals surface area (Å²) in [4.78, 5) is 25.8. The van der Waals surface area contributed by atoms with Crippen LogP contribution in [0.4, 0.5) is 4.79 Å². The Hall–Kier alpha value is -5.90. The van der Waals surface area contributed by atoms with E-state index in [1.54, 1.807) is 12.1 Å². The Morgan fingerprint density at radius 1 is 0.776 bits per heavy atom. The Kier molecular flexibility index (Phi) is 10.3. The fourth-order valence-electron chi connectivity index (χ4n) is 5.91. The summed E-state index contributed by atoms with van der Waals surface area (Å²) >= 11 is 0. The van der Waals surface area contributed by atoms with Crippen LogP contribution in [0.1, 0.15) is 40.0 Å². The number of nitrogens with one attached hydrogen (secondary N) is 3. The molecular weight excluding hydrogens is 618 g/mol. The number of hydrogen-bond donors (Lipinski definition) is 6. The van der Waals surface area contributed by atoms with Crippen LogP contribution in [0, 0.1) is 0 Å². The number of amides is 1. The predicted octanol–water partition coefficient (Wildman–Crippen LogP) is 6.70. The van der Waals surface area contributed by atoms with Crippen LogP contribution in [-0.4, -0.2) is 39.5 Å². The second-order valence-corrected chi connectivity index (χ2v) is 11.8. The predicted molar refractivity (Wildman–Crippen MR) is 190 cm³/mol. The standard InChI is InChI=1S/C40H37N3O6/c44-35-18-16-33(34-17-19-37(46)42-39(34)35)36(45)24-41-21-20-26-12-14-28(15-13-26)30-9-4-6-27(22-30)25-49-32-11-5-10-31(23-32)38(43-40(47)48)29-7-2-1-3-8-29/h1-19,22-23,36,38,41,43-45H,20-21,24-25H2,(H,42,46)(H,47,48)/t36-,38?/m1/s1. The Labute approximate surface area is 283 Å². The van der Waals surface area contributed by atoms with Gasteiger partial charge in [-0.25, -0.2) is 4.79 Å². The van der Waals surface area contributed by atoms with Gasteiger partial charge in [0.05, 0.1) is 17.7 Å². The van der Waals surface area contributed by atoms with Gasteiger partial charge in [-0.1, -0.05) is 91.0 Å². The fourth-order valence-corrected chi connectivity index (χ4v) is 5.91. The van der Waals surface area contributed by atoms with Gasteiger partial charge in [0.1, 0.15) is 18.1 Å². The van der Waals surface area contributed by atoms with Crippen LogP contribution in [0.25, 0.3) is 22.0 Å². The fraction of sp³-hybridized carbons (Fsp3) is 0.150. The van der Waals surface area contributed by atoms with Crippen molar-refractivity contribution in [1.82, 2.24) is 15.6 Å². The van der Waals surface area contributed by atoms with Crippen LogP contribution in [0.3, 0.4) is 0 Å². The van der Waals surface area contributed by atoms with Crippen molar-refractivity contribution in [2.75, 3.05) is 13.1 Å². The molecule has 0 spiro atoms. The molecule has 1 unspecified atom stereocenters. The molecule has 5 aromatic carbocycles. The van der Waals surface area contributed by atoms with E-state index in [9.17, 15) is 24.9 Å². The summed E-state index contributed by atoms with van der Waals surface area (Å²) in [6.45, 7) is 1.34. The molecule has 248 valence electrons. The maximum absolute atomic E-state index is 11.7. The van der Waals surface area contributed by atoms with Crippen LogP contribution in [0.5, 0.6) is 11.5 Å². The van der Waals surface area contributed by atoms with Crippen molar-refractivity contribution in [1.29, 1.82) is 0 Å². The molecule has 0 fully saturated rings. The topological polar surface area (TPSA) is 144 Å². The third-order valence-electron chi connectivity index (χ3n) is 8.41. The molecular formula is C40H37N3O6. The van der Waals surface area contributed by atoms with Gasteiger partial charge in [0.15, 0.2) is 0 Å². The van der Waals surface area contributed by atoms with Crippen LogP contribution in [-0.2, 0) is 13.0 Å². The van der Waals surface area contributed by atoms with Crippen molar-refractivity contribution >= 4 is 17.0 Å². The zero-order chi connectivity index (χ0) is 34.2. The lowest BCUT2D eigenvalue weighted by Gasteiger charge is -2.19. The molecule has 0 aliphatic heterocycles. The highest BCUT2D eigenvalue weighted by atomic mass is 16.5. The third-order valence-corrected chi connectivity index (χ3v) is 8.41. The summed E-state index contributed by atoms with van der Waals surface area (Å²) < 4.78 is 6.14. The van der Waals surface area contributed by atoms with Crippen molar-refractivity contribution in [2.45, 2.75) is 25.2 Å². The third kappa shape index (κ3) is 8.34. The van der Waals surface area contributed by atoms with Gasteiger partial charge in [0.2, 0.25) is 5.56 Å². The van der Waals surface area contributed by atoms with E-state index in [1.807, 2.05) is 66.7 Å². The summed E-state index contributed by atoms with van der Waals surface area (Å²) in [5.74, 6) is 0.613. The number of ether oxygens (including phenoxy) is 1. The number of aromatic hydroxyl groups is 1. The van der Waals surface area contributed by atoms with Crippen LogP contribution in [0.15, 0.2) is 132 Å². The van der Waals surface area contributed by atoms with Gasteiger partial charge < -0.3 is 35.7 Å². The van der Waals surface area contributed by atoms with Crippen molar-refractivity contribution in [3.8, 4) is 22.6 Å². The summed E-state index contributed by atoms with van der Waals surface area (Å²) in [7, 11) is 0. The Morgan fingerprint density at radius 3 is 2.35 bits per heavy atom. The van der Waals surface area contributed by atoms with E-state index in [-0.39, 0.29) is 11.3 Å². The Morgan fingerprint density at radius 2 is 1.55 bits per heavy atom. The van der Waals surface area contributed by atoms with Crippen LogP contribution >= 0.6 is 0 Å². The molecule has 0 aliphatic rings. The largest absolute Gasteiger partial charge is 0.506 e. The first-order valence-corrected chi connectivity index (χ1v) is 16.0. The molecule has 9 heteroatoms. The minimum Gasteiger partial charge on any atom is -0.506 e. The summed E-state index contributed by atoms with van der Waals surface area (Å²) in [5.41, 5.74) is 6.58. The second kappa shape index (κ2) is 15.3. The number of carboxylic acid groups (broad SMARTS) is 1. The summed E-state index contributed by atoms with van der Waals surface area (Å²) in [6.07, 6.45) is -1.13. The van der Waals surface area contributed by atoms with Crippen molar-refractivity contribution in [2.24, 2.45) is 0 Å². The van der Waals surface area contributed by atoms with Crippen molar-refractivity contribution in [3.05, 3.63) is 166 Å². The van der Waals surface area contributed by atoms with Crippen LogP contribution < -0.4 is 20.9 Å². The number of hydrogen-bond acceptors (Lipinski definition) is 6. The molecule has 0 aliphatic carbocycles. The molecule has 0 radical (unpaired) electrons. The number of aromatic nitrogens is 1. The zero-order valence-corrected chi connectivity index (χ0v) is 26.7. The van der Waals surface area contributed by atoms with E-state index in [4.69, 9.17) is 4.74 Å². The molecule has 9 nitrogen and oxygen atoms in total. The molecule has 0 saturated carbocycles. The quantitative estimate of drug-likeness (QED) is 0.0760. The van der Waals surface area contributed by atoms with Crippen LogP contribution in [0.2, 0.25) is 0 Å². The number of phenolic OH excluding ortho intramolecular Hbond substituents is 1. The average Bonchev–Trinajstić information content (AvgIpc) is 3.12. The molecule has 0 saturated heterocycles. The van der Waals surface area contributed by atoms with E-state index < -0.39 is 18.2 Å². The molecule has 1 amide bonds. The van der Waals surface area contributed by atoms with E-state index in [0.29, 0.717) is 41.9 Å². The van der Waals surface area contributed by atoms with Crippen molar-refractivity contribution in [3.63, 3.8) is 0 Å². The average molecular weight is 656 g/mol. The zero-order valence-electron chi connectivity index (χ0n) is 26.7. The van der Waals surface area contributed by atoms with E-state index in [0.717, 1.165) is 39.8 Å². The number of aliphatic hydroxyl groups excluding tert-OH is 1. The van der Waals surface area contributed by atoms with E-state index in [1.165, 1.54) is 12.1 Å². The number of aromatic amines is 1. The molecule has 6 N–H and O–H groups in total. The molecule has 1 aromatic heterocycles. The highest BCUT2D eigenvalue weighted by molar-refractivity contribution is 5.87. The highest BCUT2D eigenvalue weighted by Crippen LogP contribution is 2.29. The number of pyridine rings is 1. The minimum atomic E-state index is -1.10. The SMILES string of the molecule is O=C(O)NC(c1ccccc1)c1cccc(OCc2cccc(-c3ccc(CCNC[C@@H](O)c4ccc(O)c5[nH]c(=O)ccc45)cc3)c2)c1. The maximum Gasteiger partial charge on any atom is 0.405 e. The number of carbonyl (C=O) groups is 1. The highest BCUT2D eigenvalue weighted by Gasteiger charge is 2.17. The van der Waals surface area contributed by atoms with Gasteiger partial charge in [-0.05, 0) is 82.2 Å². The monoisotopic (exact) mass is 655 g/mol. The number of fused-ring (bicyclic) bond motifs is 1. The summed E-state index contributed by atoms with van der Waals surface area (Å²) in [6, 6.07) is 39.1. The lowest BCUT2D eigenvalue weighted by molar-refractivity contribution is 0.176. The molecule has 49 heavy (non-hydrogen) atoms. The van der Waals surface area contributed by atoms with E-state index in [2.05, 4.69) is 52.0 Å². The number of aliphatic hydroxyl groups is 1.